The molecule has 4 rings (SSSR count). The maximum absolute atomic E-state index is 15.2. The van der Waals surface area contributed by atoms with E-state index in [1.165, 1.54) is 66.9 Å². The van der Waals surface area contributed by atoms with E-state index in [1.807, 2.05) is 12.1 Å². The molecule has 1 aliphatic heterocycles. The third-order valence-electron chi connectivity index (χ3n) is 7.89. The molecule has 3 heteroatoms. The largest absolute Gasteiger partial charge is 0.494 e. The lowest BCUT2D eigenvalue weighted by Gasteiger charge is -2.28. The highest BCUT2D eigenvalue weighted by Crippen LogP contribution is 2.37. The lowest BCUT2D eigenvalue weighted by molar-refractivity contribution is 0.317. The number of benzene rings is 3. The van der Waals surface area contributed by atoms with Crippen LogP contribution in [0, 0.1) is 5.82 Å². The van der Waals surface area contributed by atoms with Crippen LogP contribution < -0.4 is 4.74 Å². The molecule has 0 spiro atoms. The first-order chi connectivity index (χ1) is 17.7. The van der Waals surface area contributed by atoms with Crippen molar-refractivity contribution in [2.75, 3.05) is 6.61 Å². The van der Waals surface area contributed by atoms with Crippen molar-refractivity contribution in [3.63, 3.8) is 0 Å². The van der Waals surface area contributed by atoms with E-state index in [-0.39, 0.29) is 5.82 Å². The Morgan fingerprint density at radius 3 is 2.08 bits per heavy atom. The summed E-state index contributed by atoms with van der Waals surface area (Å²) in [6.45, 7) is 5.17. The quantitative estimate of drug-likeness (QED) is 0.177. The number of hydrogen-bond acceptors (Lipinski definition) is 1. The van der Waals surface area contributed by atoms with Crippen molar-refractivity contribution in [3.8, 4) is 16.9 Å². The van der Waals surface area contributed by atoms with Crippen LogP contribution in [0.25, 0.3) is 11.1 Å². The fraction of sp³-hybridized carbons (Fsp3) is 0.455. The molecule has 192 valence electrons. The highest BCUT2D eigenvalue weighted by Gasteiger charge is 2.23. The predicted molar refractivity (Wildman–Crippen MR) is 155 cm³/mol. The van der Waals surface area contributed by atoms with Crippen molar-refractivity contribution in [2.45, 2.75) is 89.3 Å². The minimum atomic E-state index is -0.529. The second-order valence-corrected chi connectivity index (χ2v) is 14.1. The van der Waals surface area contributed by atoms with Gasteiger partial charge in [-0.1, -0.05) is 99.8 Å². The van der Waals surface area contributed by atoms with E-state index in [0.29, 0.717) is 5.92 Å². The van der Waals surface area contributed by atoms with Gasteiger partial charge in [0.05, 0.1) is 6.61 Å². The van der Waals surface area contributed by atoms with E-state index in [4.69, 9.17) is 4.74 Å². The Morgan fingerprint density at radius 2 is 1.47 bits per heavy atom. The van der Waals surface area contributed by atoms with Gasteiger partial charge in [-0.15, -0.1) is 0 Å². The van der Waals surface area contributed by atoms with Crippen LogP contribution in [-0.4, -0.2) is 15.4 Å². The van der Waals surface area contributed by atoms with Crippen LogP contribution in [0.15, 0.2) is 66.7 Å². The van der Waals surface area contributed by atoms with E-state index < -0.39 is 8.80 Å². The van der Waals surface area contributed by atoms with E-state index in [1.54, 1.807) is 0 Å². The van der Waals surface area contributed by atoms with Gasteiger partial charge in [0.1, 0.15) is 11.6 Å². The molecule has 0 radical (unpaired) electrons. The van der Waals surface area contributed by atoms with Crippen LogP contribution in [-0.2, 0) is 12.8 Å². The van der Waals surface area contributed by atoms with Crippen molar-refractivity contribution < 1.29 is 9.13 Å². The third-order valence-corrected chi connectivity index (χ3v) is 11.4. The number of unbranched alkanes of at least 4 members (excludes halogenated alkanes) is 2. The van der Waals surface area contributed by atoms with E-state index in [0.717, 1.165) is 42.7 Å². The zero-order valence-corrected chi connectivity index (χ0v) is 23.4. The van der Waals surface area contributed by atoms with Crippen LogP contribution in [0.1, 0.15) is 75.0 Å². The molecular formula is C33H43FOSi. The number of rotatable bonds is 12. The molecule has 0 N–H and O–H groups in total. The van der Waals surface area contributed by atoms with Gasteiger partial charge in [-0.25, -0.2) is 4.39 Å². The summed E-state index contributed by atoms with van der Waals surface area (Å²) in [6.07, 6.45) is 9.66. The second-order valence-electron chi connectivity index (χ2n) is 10.6. The first-order valence-corrected chi connectivity index (χ1v) is 16.7. The Kier molecular flexibility index (Phi) is 10.2. The maximum atomic E-state index is 15.2. The summed E-state index contributed by atoms with van der Waals surface area (Å²) >= 11 is 0. The Hall–Kier alpha value is -2.39. The zero-order chi connectivity index (χ0) is 25.2. The van der Waals surface area contributed by atoms with E-state index >= 15 is 4.39 Å². The highest BCUT2D eigenvalue weighted by molar-refractivity contribution is 6.59. The van der Waals surface area contributed by atoms with Gasteiger partial charge in [0.25, 0.3) is 0 Å². The highest BCUT2D eigenvalue weighted by atomic mass is 28.3. The molecule has 0 amide bonds. The van der Waals surface area contributed by atoms with Gasteiger partial charge >= 0.3 is 0 Å². The van der Waals surface area contributed by atoms with Crippen molar-refractivity contribution in [2.24, 2.45) is 0 Å². The Bertz CT molecular complexity index is 1050. The molecule has 0 unspecified atom stereocenters. The minimum absolute atomic E-state index is 0.0760. The second kappa shape index (κ2) is 13.8. The lowest BCUT2D eigenvalue weighted by atomic mass is 9.91. The molecule has 0 aromatic heterocycles. The summed E-state index contributed by atoms with van der Waals surface area (Å²) < 4.78 is 20.8. The fourth-order valence-electron chi connectivity index (χ4n) is 5.60. The molecule has 1 aliphatic rings. The van der Waals surface area contributed by atoms with Crippen molar-refractivity contribution in [3.05, 3.63) is 89.2 Å². The molecule has 1 heterocycles. The SMILES string of the molecule is CCCCC[Si@H]1CC[C@H](c2ccc(-c3ccc(CCc4ccc(OCCC)cc4)cc3)c(F)c2)CC1. The van der Waals surface area contributed by atoms with Gasteiger partial charge in [-0.3, -0.25) is 0 Å². The van der Waals surface area contributed by atoms with E-state index in [9.17, 15) is 0 Å². The molecule has 36 heavy (non-hydrogen) atoms. The normalized spacial score (nSPS) is 17.8. The zero-order valence-electron chi connectivity index (χ0n) is 22.3. The van der Waals surface area contributed by atoms with Gasteiger partial charge in [0.2, 0.25) is 0 Å². The average molecular weight is 503 g/mol. The van der Waals surface area contributed by atoms with Gasteiger partial charge in [0.15, 0.2) is 0 Å². The van der Waals surface area contributed by atoms with Crippen LogP contribution in [0.3, 0.4) is 0 Å². The summed E-state index contributed by atoms with van der Waals surface area (Å²) in [5.41, 5.74) is 5.48. The third kappa shape index (κ3) is 7.55. The first-order valence-electron chi connectivity index (χ1n) is 14.3. The standard InChI is InChI=1S/C33H43FOSi/c1-3-5-6-22-36-23-19-28(20-24-36)30-15-18-32(33(34)25-30)29-13-9-26(10-14-29)7-8-27-11-16-31(17-12-27)35-21-4-2/h9-18,25,28,36H,3-8,19-24H2,1-2H3/t28-,36-. The molecule has 3 aromatic rings. The van der Waals surface area contributed by atoms with Crippen LogP contribution in [0.5, 0.6) is 5.75 Å². The molecular weight excluding hydrogens is 459 g/mol. The van der Waals surface area contributed by atoms with Gasteiger partial charge in [0, 0.05) is 14.4 Å². The van der Waals surface area contributed by atoms with Gasteiger partial charge < -0.3 is 4.74 Å². The van der Waals surface area contributed by atoms with Gasteiger partial charge in [-0.2, -0.15) is 0 Å². The predicted octanol–water partition coefficient (Wildman–Crippen LogP) is 9.36. The lowest BCUT2D eigenvalue weighted by Crippen LogP contribution is -2.20. The number of ether oxygens (including phenoxy) is 1. The summed E-state index contributed by atoms with van der Waals surface area (Å²) in [5, 5.41) is 0. The fourth-order valence-corrected chi connectivity index (χ4v) is 9.08. The Morgan fingerprint density at radius 1 is 0.806 bits per heavy atom. The molecule has 1 nitrogen and oxygen atoms in total. The van der Waals surface area contributed by atoms with Crippen LogP contribution >= 0.6 is 0 Å². The molecule has 1 fully saturated rings. The summed E-state index contributed by atoms with van der Waals surface area (Å²) in [4.78, 5) is 0. The Labute approximate surface area is 219 Å². The smallest absolute Gasteiger partial charge is 0.131 e. The van der Waals surface area contributed by atoms with Crippen LogP contribution in [0.4, 0.5) is 4.39 Å². The van der Waals surface area contributed by atoms with Crippen molar-refractivity contribution in [1.29, 1.82) is 0 Å². The number of aryl methyl sites for hydroxylation is 2. The summed E-state index contributed by atoms with van der Waals surface area (Å²) in [6, 6.07) is 27.3. The average Bonchev–Trinajstić information content (AvgIpc) is 2.92. The molecule has 0 saturated carbocycles. The first kappa shape index (κ1) is 26.7. The molecule has 0 aliphatic carbocycles. The monoisotopic (exact) mass is 502 g/mol. The van der Waals surface area contributed by atoms with Crippen molar-refractivity contribution in [1.82, 2.24) is 0 Å². The molecule has 0 bridgehead atoms. The van der Waals surface area contributed by atoms with Gasteiger partial charge in [-0.05, 0) is 78.5 Å². The molecule has 0 atom stereocenters. The van der Waals surface area contributed by atoms with Crippen LogP contribution in [0.2, 0.25) is 18.1 Å². The van der Waals surface area contributed by atoms with Crippen molar-refractivity contribution >= 4 is 8.80 Å². The molecule has 3 aromatic carbocycles. The number of hydrogen-bond donors (Lipinski definition) is 0. The minimum Gasteiger partial charge on any atom is -0.494 e. The Balaban J connectivity index is 1.30. The summed E-state index contributed by atoms with van der Waals surface area (Å²) in [7, 11) is -0.529. The molecule has 1 saturated heterocycles. The number of halogens is 1. The maximum Gasteiger partial charge on any atom is 0.131 e. The topological polar surface area (TPSA) is 9.23 Å². The van der Waals surface area contributed by atoms with E-state index in [2.05, 4.69) is 68.4 Å². The summed E-state index contributed by atoms with van der Waals surface area (Å²) in [5.74, 6) is 1.42.